The van der Waals surface area contributed by atoms with Crippen LogP contribution in [0.1, 0.15) is 31.9 Å². The molecule has 0 aliphatic rings. The van der Waals surface area contributed by atoms with Crippen molar-refractivity contribution in [3.05, 3.63) is 61.3 Å². The molecule has 4 rings (SSSR count). The second-order valence-electron chi connectivity index (χ2n) is 8.12. The third kappa shape index (κ3) is 4.56. The first-order valence-electron chi connectivity index (χ1n) is 10.8. The molecule has 1 aromatic carbocycles. The number of aromatic nitrogens is 5. The molecule has 4 aromatic rings. The molecule has 0 unspecified atom stereocenters. The number of amides is 1. The Balaban J connectivity index is 1.64. The van der Waals surface area contributed by atoms with Crippen molar-refractivity contribution >= 4 is 51.6 Å². The van der Waals surface area contributed by atoms with Gasteiger partial charge in [0.2, 0.25) is 5.91 Å². The van der Waals surface area contributed by atoms with Gasteiger partial charge in [0, 0.05) is 29.4 Å². The number of halogens is 1. The number of anilines is 1. The van der Waals surface area contributed by atoms with Gasteiger partial charge in [-0.25, -0.2) is 14.8 Å². The van der Waals surface area contributed by atoms with Crippen molar-refractivity contribution in [3.8, 4) is 10.6 Å². The lowest BCUT2D eigenvalue weighted by Crippen LogP contribution is -2.41. The number of carbonyl (C=O) groups excluding carboxylic acids is 2. The van der Waals surface area contributed by atoms with Crippen LogP contribution in [0.5, 0.6) is 0 Å². The Morgan fingerprint density at radius 1 is 1.26 bits per heavy atom. The SMILES string of the molecule is CCC(=O)Cn1c(=O)c2c(ncn2[C@@H](C)C(=O)Nc2csc(-c3ccc(C)c(Cl)c3)n2)n(C)c1=O. The van der Waals surface area contributed by atoms with E-state index in [2.05, 4.69) is 15.3 Å². The number of hydrogen-bond donors (Lipinski definition) is 1. The summed E-state index contributed by atoms with van der Waals surface area (Å²) in [5.41, 5.74) is 0.673. The summed E-state index contributed by atoms with van der Waals surface area (Å²) < 4.78 is 3.46. The fourth-order valence-corrected chi connectivity index (χ4v) is 4.49. The van der Waals surface area contributed by atoms with E-state index in [1.54, 1.807) is 19.2 Å². The zero-order valence-corrected chi connectivity index (χ0v) is 21.1. The van der Waals surface area contributed by atoms with Gasteiger partial charge in [-0.15, -0.1) is 11.3 Å². The van der Waals surface area contributed by atoms with Crippen molar-refractivity contribution in [2.75, 3.05) is 5.32 Å². The van der Waals surface area contributed by atoms with E-state index < -0.39 is 23.2 Å². The Morgan fingerprint density at radius 2 is 2.00 bits per heavy atom. The van der Waals surface area contributed by atoms with Gasteiger partial charge in [0.1, 0.15) is 16.9 Å². The highest BCUT2D eigenvalue weighted by atomic mass is 35.5. The van der Waals surface area contributed by atoms with Gasteiger partial charge < -0.3 is 9.88 Å². The molecular formula is C23H23ClN6O4S. The van der Waals surface area contributed by atoms with Gasteiger partial charge in [-0.3, -0.25) is 23.5 Å². The normalized spacial score (nSPS) is 12.1. The highest BCUT2D eigenvalue weighted by molar-refractivity contribution is 7.13. The van der Waals surface area contributed by atoms with Crippen LogP contribution < -0.4 is 16.6 Å². The Morgan fingerprint density at radius 3 is 2.69 bits per heavy atom. The number of rotatable bonds is 7. The van der Waals surface area contributed by atoms with Gasteiger partial charge >= 0.3 is 5.69 Å². The number of thiazole rings is 1. The van der Waals surface area contributed by atoms with E-state index in [0.717, 1.165) is 15.7 Å². The van der Waals surface area contributed by atoms with Crippen LogP contribution in [0.4, 0.5) is 5.82 Å². The molecule has 1 N–H and O–H groups in total. The number of ketones is 1. The lowest BCUT2D eigenvalue weighted by atomic mass is 10.1. The summed E-state index contributed by atoms with van der Waals surface area (Å²) in [6.07, 6.45) is 1.53. The Labute approximate surface area is 208 Å². The van der Waals surface area contributed by atoms with Crippen molar-refractivity contribution in [3.63, 3.8) is 0 Å². The second-order valence-corrected chi connectivity index (χ2v) is 9.38. The van der Waals surface area contributed by atoms with Gasteiger partial charge in [-0.2, -0.15) is 0 Å². The number of Topliss-reactive ketones (excluding diaryl/α,β-unsaturated/α-hetero) is 1. The van der Waals surface area contributed by atoms with Crippen LogP contribution in [0.3, 0.4) is 0 Å². The quantitative estimate of drug-likeness (QED) is 0.404. The summed E-state index contributed by atoms with van der Waals surface area (Å²) in [6.45, 7) is 4.84. The van der Waals surface area contributed by atoms with Gasteiger partial charge in [0.05, 0.1) is 12.9 Å². The largest absolute Gasteiger partial charge is 0.332 e. The highest BCUT2D eigenvalue weighted by Crippen LogP contribution is 2.29. The molecular weight excluding hydrogens is 492 g/mol. The molecule has 3 heterocycles. The highest BCUT2D eigenvalue weighted by Gasteiger charge is 2.24. The number of nitrogens with zero attached hydrogens (tertiary/aromatic N) is 5. The van der Waals surface area contributed by atoms with E-state index in [1.165, 1.54) is 33.8 Å². The van der Waals surface area contributed by atoms with Crippen LogP contribution in [0.2, 0.25) is 5.02 Å². The zero-order chi connectivity index (χ0) is 25.4. The number of nitrogens with one attached hydrogen (secondary N) is 1. The molecule has 35 heavy (non-hydrogen) atoms. The summed E-state index contributed by atoms with van der Waals surface area (Å²) in [4.78, 5) is 59.3. The summed E-state index contributed by atoms with van der Waals surface area (Å²) in [5, 5.41) is 5.80. The van der Waals surface area contributed by atoms with E-state index in [9.17, 15) is 19.2 Å². The lowest BCUT2D eigenvalue weighted by Gasteiger charge is -2.14. The first-order chi connectivity index (χ1) is 16.6. The third-order valence-electron chi connectivity index (χ3n) is 5.76. The molecule has 1 atom stereocenters. The minimum absolute atomic E-state index is 0.0620. The van der Waals surface area contributed by atoms with Crippen LogP contribution in [-0.4, -0.2) is 35.4 Å². The Bertz CT molecular complexity index is 1580. The average molecular weight is 515 g/mol. The molecule has 10 nitrogen and oxygen atoms in total. The second kappa shape index (κ2) is 9.59. The molecule has 0 radical (unpaired) electrons. The summed E-state index contributed by atoms with van der Waals surface area (Å²) in [5.74, 6) is -0.316. The maximum absolute atomic E-state index is 13.1. The first-order valence-corrected chi connectivity index (χ1v) is 12.1. The zero-order valence-electron chi connectivity index (χ0n) is 19.5. The molecule has 0 saturated heterocycles. The number of imidazole rings is 1. The van der Waals surface area contributed by atoms with Crippen molar-refractivity contribution in [2.45, 2.75) is 39.8 Å². The fourth-order valence-electron chi connectivity index (χ4n) is 3.56. The van der Waals surface area contributed by atoms with Crippen LogP contribution in [0.25, 0.3) is 21.7 Å². The molecule has 12 heteroatoms. The number of benzene rings is 1. The van der Waals surface area contributed by atoms with E-state index in [-0.39, 0.29) is 29.9 Å². The summed E-state index contributed by atoms with van der Waals surface area (Å²) in [6, 6.07) is 4.78. The van der Waals surface area contributed by atoms with Crippen LogP contribution in [0, 0.1) is 6.92 Å². The molecule has 0 aliphatic carbocycles. The topological polar surface area (TPSA) is 121 Å². The average Bonchev–Trinajstić information content (AvgIpc) is 3.49. The Hall–Kier alpha value is -3.57. The molecule has 0 spiro atoms. The summed E-state index contributed by atoms with van der Waals surface area (Å²) >= 11 is 7.57. The van der Waals surface area contributed by atoms with Crippen molar-refractivity contribution in [2.24, 2.45) is 7.05 Å². The molecule has 182 valence electrons. The Kier molecular flexibility index (Phi) is 6.73. The predicted octanol–water partition coefficient (Wildman–Crippen LogP) is 3.16. The minimum atomic E-state index is -0.848. The van der Waals surface area contributed by atoms with Crippen LogP contribution >= 0.6 is 22.9 Å². The molecule has 0 saturated carbocycles. The first kappa shape index (κ1) is 24.6. The van der Waals surface area contributed by atoms with Crippen molar-refractivity contribution < 1.29 is 9.59 Å². The maximum Gasteiger partial charge on any atom is 0.332 e. The van der Waals surface area contributed by atoms with E-state index in [4.69, 9.17) is 11.6 Å². The van der Waals surface area contributed by atoms with Gasteiger partial charge in [-0.1, -0.05) is 30.7 Å². The van der Waals surface area contributed by atoms with Gasteiger partial charge in [0.25, 0.3) is 5.56 Å². The van der Waals surface area contributed by atoms with Crippen molar-refractivity contribution in [1.82, 2.24) is 23.7 Å². The van der Waals surface area contributed by atoms with Crippen molar-refractivity contribution in [1.29, 1.82) is 0 Å². The van der Waals surface area contributed by atoms with Gasteiger partial charge in [0.15, 0.2) is 16.9 Å². The standard InChI is InChI=1S/C23H23ClN6O4S/c1-5-15(31)9-29-22(33)18-19(28(4)23(29)34)25-11-30(18)13(3)20(32)26-17-10-35-21(27-17)14-7-6-12(2)16(24)8-14/h6-8,10-11,13H,5,9H2,1-4H3,(H,26,32)/t13-/m0/s1. The van der Waals surface area contributed by atoms with Crippen LogP contribution in [0.15, 0.2) is 39.5 Å². The molecule has 0 aliphatic heterocycles. The van der Waals surface area contributed by atoms with E-state index in [1.807, 2.05) is 25.1 Å². The number of hydrogen-bond acceptors (Lipinski definition) is 7. The fraction of sp³-hybridized carbons (Fsp3) is 0.304. The number of aryl methyl sites for hydroxylation is 2. The smallest absolute Gasteiger partial charge is 0.312 e. The predicted molar refractivity (Wildman–Crippen MR) is 135 cm³/mol. The van der Waals surface area contributed by atoms with E-state index in [0.29, 0.717) is 15.8 Å². The maximum atomic E-state index is 13.1. The summed E-state index contributed by atoms with van der Waals surface area (Å²) in [7, 11) is 1.47. The molecule has 0 bridgehead atoms. The minimum Gasteiger partial charge on any atom is -0.312 e. The monoisotopic (exact) mass is 514 g/mol. The third-order valence-corrected chi connectivity index (χ3v) is 7.06. The van der Waals surface area contributed by atoms with E-state index >= 15 is 0 Å². The van der Waals surface area contributed by atoms with Gasteiger partial charge in [-0.05, 0) is 25.5 Å². The number of carbonyl (C=O) groups is 2. The van der Waals surface area contributed by atoms with Crippen LogP contribution in [-0.2, 0) is 23.2 Å². The number of fused-ring (bicyclic) bond motifs is 1. The molecule has 1 amide bonds. The molecule has 0 fully saturated rings. The molecule has 3 aromatic heterocycles. The lowest BCUT2D eigenvalue weighted by molar-refractivity contribution is -0.120.